The third-order valence-electron chi connectivity index (χ3n) is 2.35. The number of ether oxygens (including phenoxy) is 1. The first-order valence-corrected chi connectivity index (χ1v) is 7.13. The monoisotopic (exact) mass is 294 g/mol. The number of halogens is 1. The van der Waals surface area contributed by atoms with Gasteiger partial charge in [0.25, 0.3) is 0 Å². The molecule has 0 unspecified atom stereocenters. The third-order valence-corrected chi connectivity index (χ3v) is 3.35. The quantitative estimate of drug-likeness (QED) is 0.798. The molecule has 0 fully saturated rings. The Morgan fingerprint density at radius 2 is 2.32 bits per heavy atom. The number of allylic oxidation sites excluding steroid dienone is 1. The van der Waals surface area contributed by atoms with E-state index >= 15 is 0 Å². The minimum atomic E-state index is 0.517. The molecule has 0 saturated carbocycles. The summed E-state index contributed by atoms with van der Waals surface area (Å²) in [5.74, 6) is 0.667. The van der Waals surface area contributed by atoms with Crippen LogP contribution >= 0.6 is 22.9 Å². The molecule has 1 heterocycles. The molecule has 0 amide bonds. The Balaban J connectivity index is 2.08. The van der Waals surface area contributed by atoms with Crippen LogP contribution in [-0.2, 0) is 0 Å². The summed E-state index contributed by atoms with van der Waals surface area (Å²) in [4.78, 5) is 4.17. The molecule has 2 aromatic rings. The Morgan fingerprint density at radius 1 is 1.47 bits per heavy atom. The first-order chi connectivity index (χ1) is 9.15. The molecule has 100 valence electrons. The van der Waals surface area contributed by atoms with Gasteiger partial charge in [0.15, 0.2) is 5.13 Å². The van der Waals surface area contributed by atoms with Gasteiger partial charge in [-0.2, -0.15) is 0 Å². The summed E-state index contributed by atoms with van der Waals surface area (Å²) < 4.78 is 5.64. The standard InChI is InChI=1S/C14H15ClN2OS/c1-10(2)5-7-18-13-9-11(3-4-12(13)15)17-14-16-6-8-19-14/h3-6,8-9H,7H2,1-2H3,(H,16,17). The van der Waals surface area contributed by atoms with Crippen LogP contribution in [0.3, 0.4) is 0 Å². The van der Waals surface area contributed by atoms with E-state index in [1.807, 2.05) is 43.5 Å². The van der Waals surface area contributed by atoms with Gasteiger partial charge in [0.05, 0.1) is 5.02 Å². The number of nitrogens with one attached hydrogen (secondary N) is 1. The molecular weight excluding hydrogens is 280 g/mol. The van der Waals surface area contributed by atoms with Crippen molar-refractivity contribution in [1.82, 2.24) is 4.98 Å². The van der Waals surface area contributed by atoms with Crippen molar-refractivity contribution < 1.29 is 4.74 Å². The Bertz CT molecular complexity index is 563. The number of benzene rings is 1. The highest BCUT2D eigenvalue weighted by molar-refractivity contribution is 7.13. The second kappa shape index (κ2) is 6.59. The van der Waals surface area contributed by atoms with Gasteiger partial charge in [-0.3, -0.25) is 0 Å². The van der Waals surface area contributed by atoms with Crippen molar-refractivity contribution in [3.05, 3.63) is 46.4 Å². The molecule has 1 aromatic carbocycles. The van der Waals surface area contributed by atoms with E-state index in [4.69, 9.17) is 16.3 Å². The summed E-state index contributed by atoms with van der Waals surface area (Å²) in [6, 6.07) is 5.59. The van der Waals surface area contributed by atoms with Crippen molar-refractivity contribution in [3.8, 4) is 5.75 Å². The maximum Gasteiger partial charge on any atom is 0.187 e. The van der Waals surface area contributed by atoms with Crippen LogP contribution in [0, 0.1) is 0 Å². The van der Waals surface area contributed by atoms with Crippen LogP contribution in [0.15, 0.2) is 41.4 Å². The van der Waals surface area contributed by atoms with Crippen molar-refractivity contribution in [3.63, 3.8) is 0 Å². The van der Waals surface area contributed by atoms with Crippen LogP contribution in [0.4, 0.5) is 10.8 Å². The maximum atomic E-state index is 6.11. The zero-order valence-electron chi connectivity index (χ0n) is 10.8. The number of nitrogens with zero attached hydrogens (tertiary/aromatic N) is 1. The molecule has 1 aromatic heterocycles. The van der Waals surface area contributed by atoms with Gasteiger partial charge < -0.3 is 10.1 Å². The van der Waals surface area contributed by atoms with Crippen molar-refractivity contribution in [2.45, 2.75) is 13.8 Å². The Hall–Kier alpha value is -1.52. The molecule has 0 spiro atoms. The number of hydrogen-bond donors (Lipinski definition) is 1. The molecule has 0 bridgehead atoms. The molecule has 1 N–H and O–H groups in total. The van der Waals surface area contributed by atoms with E-state index in [0.29, 0.717) is 17.4 Å². The SMILES string of the molecule is CC(C)=CCOc1cc(Nc2nccs2)ccc1Cl. The number of anilines is 2. The molecule has 0 aliphatic rings. The van der Waals surface area contributed by atoms with Gasteiger partial charge in [0.2, 0.25) is 0 Å². The van der Waals surface area contributed by atoms with Crippen LogP contribution in [0.2, 0.25) is 5.02 Å². The van der Waals surface area contributed by atoms with Crippen LogP contribution < -0.4 is 10.1 Å². The lowest BCUT2D eigenvalue weighted by Crippen LogP contribution is -1.96. The molecule has 0 aliphatic heterocycles. The number of rotatable bonds is 5. The van der Waals surface area contributed by atoms with Gasteiger partial charge in [-0.15, -0.1) is 11.3 Å². The van der Waals surface area contributed by atoms with Crippen LogP contribution in [0.5, 0.6) is 5.75 Å². The number of aromatic nitrogens is 1. The van der Waals surface area contributed by atoms with Crippen molar-refractivity contribution in [1.29, 1.82) is 0 Å². The van der Waals surface area contributed by atoms with Gasteiger partial charge >= 0.3 is 0 Å². The second-order valence-corrected chi connectivity index (χ2v) is 5.50. The molecule has 0 aliphatic carbocycles. The van der Waals surface area contributed by atoms with E-state index in [1.54, 1.807) is 17.5 Å². The first kappa shape index (κ1) is 13.9. The molecule has 2 rings (SSSR count). The predicted octanol–water partition coefficient (Wildman–Crippen LogP) is 4.89. The average molecular weight is 295 g/mol. The van der Waals surface area contributed by atoms with E-state index in [1.165, 1.54) is 5.57 Å². The summed E-state index contributed by atoms with van der Waals surface area (Å²) in [7, 11) is 0. The van der Waals surface area contributed by atoms with Gasteiger partial charge in [-0.1, -0.05) is 17.2 Å². The Kier molecular flexibility index (Phi) is 4.82. The Labute approximate surface area is 121 Å². The van der Waals surface area contributed by atoms with E-state index < -0.39 is 0 Å². The van der Waals surface area contributed by atoms with Gasteiger partial charge in [-0.05, 0) is 32.1 Å². The highest BCUT2D eigenvalue weighted by Crippen LogP contribution is 2.29. The van der Waals surface area contributed by atoms with Gasteiger partial charge in [0, 0.05) is 23.3 Å². The number of hydrogen-bond acceptors (Lipinski definition) is 4. The molecule has 0 radical (unpaired) electrons. The summed E-state index contributed by atoms with van der Waals surface area (Å²) in [5, 5.41) is 6.57. The summed E-state index contributed by atoms with van der Waals surface area (Å²) in [5.41, 5.74) is 2.12. The van der Waals surface area contributed by atoms with E-state index in [-0.39, 0.29) is 0 Å². The zero-order chi connectivity index (χ0) is 13.7. The van der Waals surface area contributed by atoms with Crippen LogP contribution in [0.25, 0.3) is 0 Å². The van der Waals surface area contributed by atoms with Gasteiger partial charge in [0.1, 0.15) is 12.4 Å². The molecule has 19 heavy (non-hydrogen) atoms. The summed E-state index contributed by atoms with van der Waals surface area (Å²) in [6.45, 7) is 4.58. The van der Waals surface area contributed by atoms with Gasteiger partial charge in [-0.25, -0.2) is 4.98 Å². The molecule has 0 saturated heterocycles. The van der Waals surface area contributed by atoms with Crippen LogP contribution in [-0.4, -0.2) is 11.6 Å². The fraction of sp³-hybridized carbons (Fsp3) is 0.214. The molecular formula is C14H15ClN2OS. The van der Waals surface area contributed by atoms with E-state index in [9.17, 15) is 0 Å². The highest BCUT2D eigenvalue weighted by Gasteiger charge is 2.04. The smallest absolute Gasteiger partial charge is 0.187 e. The fourth-order valence-electron chi connectivity index (χ4n) is 1.40. The third kappa shape index (κ3) is 4.26. The lowest BCUT2D eigenvalue weighted by atomic mass is 10.3. The van der Waals surface area contributed by atoms with Crippen LogP contribution in [0.1, 0.15) is 13.8 Å². The molecule has 5 heteroatoms. The summed E-state index contributed by atoms with van der Waals surface area (Å²) in [6.07, 6.45) is 3.77. The maximum absolute atomic E-state index is 6.11. The van der Waals surface area contributed by atoms with Crippen molar-refractivity contribution in [2.24, 2.45) is 0 Å². The highest BCUT2D eigenvalue weighted by atomic mass is 35.5. The van der Waals surface area contributed by atoms with E-state index in [0.717, 1.165) is 10.8 Å². The minimum Gasteiger partial charge on any atom is -0.488 e. The minimum absolute atomic E-state index is 0.517. The molecule has 0 atom stereocenters. The van der Waals surface area contributed by atoms with Crippen molar-refractivity contribution in [2.75, 3.05) is 11.9 Å². The normalized spacial score (nSPS) is 10.1. The first-order valence-electron chi connectivity index (χ1n) is 5.87. The van der Waals surface area contributed by atoms with Crippen molar-refractivity contribution >= 4 is 33.8 Å². The topological polar surface area (TPSA) is 34.1 Å². The predicted molar refractivity (Wildman–Crippen MR) is 81.8 cm³/mol. The second-order valence-electron chi connectivity index (χ2n) is 4.20. The fourth-order valence-corrected chi connectivity index (χ4v) is 2.12. The molecule has 3 nitrogen and oxygen atoms in total. The Morgan fingerprint density at radius 3 is 3.00 bits per heavy atom. The number of thiazole rings is 1. The zero-order valence-corrected chi connectivity index (χ0v) is 12.4. The average Bonchev–Trinajstić information content (AvgIpc) is 2.85. The van der Waals surface area contributed by atoms with E-state index in [2.05, 4.69) is 10.3 Å². The summed E-state index contributed by atoms with van der Waals surface area (Å²) >= 11 is 7.65. The largest absolute Gasteiger partial charge is 0.488 e. The lowest BCUT2D eigenvalue weighted by Gasteiger charge is -2.09. The lowest BCUT2D eigenvalue weighted by molar-refractivity contribution is 0.362.